The van der Waals surface area contributed by atoms with Gasteiger partial charge < -0.3 is 0 Å². The predicted molar refractivity (Wildman–Crippen MR) is 71.3 cm³/mol. The van der Waals surface area contributed by atoms with Crippen LogP contribution < -0.4 is 0 Å². The van der Waals surface area contributed by atoms with Crippen molar-refractivity contribution in [2.45, 2.75) is 0 Å². The summed E-state index contributed by atoms with van der Waals surface area (Å²) in [5, 5.41) is 0. The normalized spacial score (nSPS) is 9.81. The molecule has 2 aromatic rings. The minimum absolute atomic E-state index is 0.572. The van der Waals surface area contributed by atoms with Gasteiger partial charge in [0.25, 0.3) is 0 Å². The van der Waals surface area contributed by atoms with E-state index in [9.17, 15) is 0 Å². The third kappa shape index (κ3) is 2.01. The van der Waals surface area contributed by atoms with Crippen LogP contribution in [-0.4, -0.2) is 4.98 Å². The highest BCUT2D eigenvalue weighted by atomic mass is 79.9. The second kappa shape index (κ2) is 4.77. The van der Waals surface area contributed by atoms with Gasteiger partial charge in [0.1, 0.15) is 0 Å². The van der Waals surface area contributed by atoms with Gasteiger partial charge in [-0.2, -0.15) is 0 Å². The first-order valence-electron chi connectivity index (χ1n) is 4.51. The lowest BCUT2D eigenvalue weighted by Gasteiger charge is -2.06. The third-order valence-electron chi connectivity index (χ3n) is 2.12. The maximum atomic E-state index is 7.13. The molecule has 0 amide bonds. The van der Waals surface area contributed by atoms with Crippen LogP contribution in [0.5, 0.6) is 0 Å². The monoisotopic (exact) mass is 336 g/mol. The zero-order valence-corrected chi connectivity index (χ0v) is 11.3. The molecule has 78 valence electrons. The van der Waals surface area contributed by atoms with Crippen molar-refractivity contribution in [3.8, 4) is 11.3 Å². The van der Waals surface area contributed by atoms with E-state index >= 15 is 0 Å². The third-order valence-corrected chi connectivity index (χ3v) is 3.56. The first-order valence-corrected chi connectivity index (χ1v) is 6.09. The van der Waals surface area contributed by atoms with Crippen LogP contribution >= 0.6 is 31.9 Å². The van der Waals surface area contributed by atoms with Gasteiger partial charge in [0.2, 0.25) is 5.69 Å². The molecule has 0 spiro atoms. The quantitative estimate of drug-likeness (QED) is 0.681. The number of nitrogens with zero attached hydrogens (tertiary/aromatic N) is 2. The Balaban J connectivity index is 2.65. The lowest BCUT2D eigenvalue weighted by atomic mass is 10.1. The topological polar surface area (TPSA) is 17.2 Å². The van der Waals surface area contributed by atoms with Gasteiger partial charge >= 0.3 is 0 Å². The van der Waals surface area contributed by atoms with E-state index in [1.807, 2.05) is 30.3 Å². The molecule has 0 bridgehead atoms. The van der Waals surface area contributed by atoms with Crippen molar-refractivity contribution < 1.29 is 0 Å². The highest BCUT2D eigenvalue weighted by molar-refractivity contribution is 9.11. The Hall–Kier alpha value is -1.18. The van der Waals surface area contributed by atoms with Gasteiger partial charge in [-0.1, -0.05) is 50.1 Å². The molecule has 1 aromatic carbocycles. The van der Waals surface area contributed by atoms with Crippen LogP contribution in [0.3, 0.4) is 0 Å². The molecule has 0 N–H and O–H groups in total. The predicted octanol–water partition coefficient (Wildman–Crippen LogP) is 4.82. The van der Waals surface area contributed by atoms with Gasteiger partial charge in [-0.05, 0) is 12.1 Å². The van der Waals surface area contributed by atoms with Crippen LogP contribution in [0.15, 0.2) is 45.5 Å². The molecule has 0 fully saturated rings. The molecule has 0 aliphatic heterocycles. The van der Waals surface area contributed by atoms with Crippen molar-refractivity contribution in [3.63, 3.8) is 0 Å². The number of pyridine rings is 1. The molecule has 0 aliphatic rings. The fraction of sp³-hybridized carbons (Fsp3) is 0. The van der Waals surface area contributed by atoms with Crippen LogP contribution in [-0.2, 0) is 0 Å². The van der Waals surface area contributed by atoms with Crippen molar-refractivity contribution in [2.75, 3.05) is 0 Å². The summed E-state index contributed by atoms with van der Waals surface area (Å²) in [6.45, 7) is 7.13. The van der Waals surface area contributed by atoms with Gasteiger partial charge in [-0.25, -0.2) is 4.85 Å². The highest BCUT2D eigenvalue weighted by Crippen LogP contribution is 2.40. The van der Waals surface area contributed by atoms with Gasteiger partial charge in [0, 0.05) is 20.7 Å². The molecule has 1 aromatic heterocycles. The average molecular weight is 338 g/mol. The number of halogens is 2. The Morgan fingerprint density at radius 2 is 1.94 bits per heavy atom. The van der Waals surface area contributed by atoms with Crippen molar-refractivity contribution in [2.24, 2.45) is 0 Å². The summed E-state index contributed by atoms with van der Waals surface area (Å²) in [4.78, 5) is 7.75. The summed E-state index contributed by atoms with van der Waals surface area (Å²) in [6.07, 6.45) is 1.74. The molecule has 0 saturated carbocycles. The molecule has 0 atom stereocenters. The van der Waals surface area contributed by atoms with Crippen LogP contribution in [0, 0.1) is 6.57 Å². The zero-order valence-electron chi connectivity index (χ0n) is 8.11. The number of hydrogen-bond acceptors (Lipinski definition) is 1. The summed E-state index contributed by atoms with van der Waals surface area (Å²) in [6, 6.07) is 9.51. The summed E-state index contributed by atoms with van der Waals surface area (Å²) < 4.78 is 1.56. The standard InChI is InChI=1S/C12H6Br2N2/c1-15-12-9(13)6-5-8(11(12)14)10-4-2-3-7-16-10/h2-7H. The molecule has 0 unspecified atom stereocenters. The van der Waals surface area contributed by atoms with Crippen molar-refractivity contribution in [3.05, 3.63) is 56.9 Å². The highest BCUT2D eigenvalue weighted by Gasteiger charge is 2.11. The minimum Gasteiger partial charge on any atom is -0.256 e. The second-order valence-electron chi connectivity index (χ2n) is 3.08. The summed E-state index contributed by atoms with van der Waals surface area (Å²) in [7, 11) is 0. The molecular formula is C12H6Br2N2. The maximum absolute atomic E-state index is 7.13. The Morgan fingerprint density at radius 3 is 2.56 bits per heavy atom. The summed E-state index contributed by atoms with van der Waals surface area (Å²) in [5.74, 6) is 0. The van der Waals surface area contributed by atoms with E-state index in [4.69, 9.17) is 6.57 Å². The molecule has 4 heteroatoms. The fourth-order valence-electron chi connectivity index (χ4n) is 1.36. The first kappa shape index (κ1) is 11.3. The number of aromatic nitrogens is 1. The summed E-state index contributed by atoms with van der Waals surface area (Å²) >= 11 is 6.80. The van der Waals surface area contributed by atoms with E-state index in [-0.39, 0.29) is 0 Å². The smallest absolute Gasteiger partial charge is 0.215 e. The van der Waals surface area contributed by atoms with Crippen molar-refractivity contribution in [1.82, 2.24) is 4.98 Å². The Kier molecular flexibility index (Phi) is 3.37. The molecule has 2 rings (SSSR count). The van der Waals surface area contributed by atoms with Crippen molar-refractivity contribution >= 4 is 37.5 Å². The van der Waals surface area contributed by atoms with E-state index in [0.717, 1.165) is 20.2 Å². The molecular weight excluding hydrogens is 332 g/mol. The lowest BCUT2D eigenvalue weighted by molar-refractivity contribution is 1.32. The second-order valence-corrected chi connectivity index (χ2v) is 4.73. The minimum atomic E-state index is 0.572. The Labute approximate surface area is 110 Å². The molecule has 0 saturated heterocycles. The Morgan fingerprint density at radius 1 is 1.12 bits per heavy atom. The Bertz CT molecular complexity index is 559. The first-order chi connectivity index (χ1) is 7.74. The maximum Gasteiger partial charge on any atom is 0.215 e. The van der Waals surface area contributed by atoms with Crippen molar-refractivity contribution in [1.29, 1.82) is 0 Å². The molecule has 1 heterocycles. The van der Waals surface area contributed by atoms with E-state index in [1.54, 1.807) is 6.20 Å². The molecule has 0 aliphatic carbocycles. The van der Waals surface area contributed by atoms with Crippen LogP contribution in [0.1, 0.15) is 0 Å². The number of hydrogen-bond donors (Lipinski definition) is 0. The SMILES string of the molecule is [C-]#[N+]c1c(Br)ccc(-c2ccccn2)c1Br. The van der Waals surface area contributed by atoms with Gasteiger partial charge in [0.05, 0.1) is 12.3 Å². The lowest BCUT2D eigenvalue weighted by Crippen LogP contribution is -1.84. The van der Waals surface area contributed by atoms with E-state index in [1.165, 1.54) is 0 Å². The van der Waals surface area contributed by atoms with Crippen LogP contribution in [0.25, 0.3) is 16.1 Å². The van der Waals surface area contributed by atoms with Gasteiger partial charge in [-0.3, -0.25) is 4.98 Å². The number of benzene rings is 1. The molecule has 16 heavy (non-hydrogen) atoms. The molecule has 2 nitrogen and oxygen atoms in total. The number of rotatable bonds is 1. The van der Waals surface area contributed by atoms with E-state index < -0.39 is 0 Å². The largest absolute Gasteiger partial charge is 0.256 e. The van der Waals surface area contributed by atoms with Gasteiger partial charge in [-0.15, -0.1) is 0 Å². The molecule has 0 radical (unpaired) electrons. The summed E-state index contributed by atoms with van der Waals surface area (Å²) in [5.41, 5.74) is 2.35. The van der Waals surface area contributed by atoms with Crippen LogP contribution in [0.2, 0.25) is 0 Å². The van der Waals surface area contributed by atoms with E-state index in [2.05, 4.69) is 41.7 Å². The zero-order chi connectivity index (χ0) is 11.5. The average Bonchev–Trinajstić information content (AvgIpc) is 2.31. The van der Waals surface area contributed by atoms with Crippen LogP contribution in [0.4, 0.5) is 5.69 Å². The fourth-order valence-corrected chi connectivity index (χ4v) is 2.69. The van der Waals surface area contributed by atoms with Gasteiger partial charge in [0.15, 0.2) is 0 Å². The van der Waals surface area contributed by atoms with E-state index in [0.29, 0.717) is 5.69 Å².